The van der Waals surface area contributed by atoms with Gasteiger partial charge in [-0.05, 0) is 37.8 Å². The van der Waals surface area contributed by atoms with E-state index >= 15 is 0 Å². The minimum absolute atomic E-state index is 0.156. The summed E-state index contributed by atoms with van der Waals surface area (Å²) in [6.45, 7) is 5.85. The second-order valence-corrected chi connectivity index (χ2v) is 6.03. The average Bonchev–Trinajstić information content (AvgIpc) is 2.36. The summed E-state index contributed by atoms with van der Waals surface area (Å²) in [7, 11) is 0. The van der Waals surface area contributed by atoms with Crippen LogP contribution in [0.5, 0.6) is 0 Å². The van der Waals surface area contributed by atoms with Crippen LogP contribution in [0.15, 0.2) is 24.3 Å². The Balaban J connectivity index is 2.13. The average molecular weight is 264 g/mol. The third-order valence-electron chi connectivity index (χ3n) is 4.21. The standard InChI is InChI=1S/C16H25FN2/c1-3-19(15-9-5-4-8-14(15)17)12-16(18)10-6-7-13(2)11-16/h4-5,8-9,13H,3,6-7,10-12,18H2,1-2H3. The molecule has 0 saturated heterocycles. The van der Waals surface area contributed by atoms with E-state index in [4.69, 9.17) is 5.73 Å². The molecule has 2 nitrogen and oxygen atoms in total. The van der Waals surface area contributed by atoms with Crippen LogP contribution in [0.2, 0.25) is 0 Å². The van der Waals surface area contributed by atoms with Crippen LogP contribution >= 0.6 is 0 Å². The number of nitrogens with zero attached hydrogens (tertiary/aromatic N) is 1. The van der Waals surface area contributed by atoms with Gasteiger partial charge >= 0.3 is 0 Å². The van der Waals surface area contributed by atoms with Gasteiger partial charge in [0.1, 0.15) is 5.82 Å². The molecule has 0 aromatic heterocycles. The first-order valence-corrected chi connectivity index (χ1v) is 7.32. The lowest BCUT2D eigenvalue weighted by atomic mass is 9.76. The van der Waals surface area contributed by atoms with Crippen molar-refractivity contribution in [3.63, 3.8) is 0 Å². The lowest BCUT2D eigenvalue weighted by molar-refractivity contribution is 0.239. The van der Waals surface area contributed by atoms with Crippen LogP contribution < -0.4 is 10.6 Å². The number of hydrogen-bond donors (Lipinski definition) is 1. The summed E-state index contributed by atoms with van der Waals surface area (Å²) in [6, 6.07) is 6.97. The van der Waals surface area contributed by atoms with E-state index in [9.17, 15) is 4.39 Å². The maximum Gasteiger partial charge on any atom is 0.146 e. The molecule has 0 bridgehead atoms. The molecular formula is C16H25FN2. The summed E-state index contributed by atoms with van der Waals surface area (Å²) in [5.41, 5.74) is 7.05. The Hall–Kier alpha value is -1.09. The Morgan fingerprint density at radius 3 is 2.79 bits per heavy atom. The Morgan fingerprint density at radius 1 is 1.42 bits per heavy atom. The summed E-state index contributed by atoms with van der Waals surface area (Å²) in [4.78, 5) is 2.08. The van der Waals surface area contributed by atoms with E-state index in [1.54, 1.807) is 6.07 Å². The Bertz CT molecular complexity index is 421. The van der Waals surface area contributed by atoms with Gasteiger partial charge in [0.15, 0.2) is 0 Å². The van der Waals surface area contributed by atoms with E-state index in [-0.39, 0.29) is 11.4 Å². The zero-order chi connectivity index (χ0) is 13.9. The van der Waals surface area contributed by atoms with E-state index in [1.807, 2.05) is 12.1 Å². The molecule has 1 fully saturated rings. The van der Waals surface area contributed by atoms with Crippen molar-refractivity contribution in [2.24, 2.45) is 11.7 Å². The maximum atomic E-state index is 13.9. The fraction of sp³-hybridized carbons (Fsp3) is 0.625. The van der Waals surface area contributed by atoms with Crippen molar-refractivity contribution < 1.29 is 4.39 Å². The van der Waals surface area contributed by atoms with E-state index < -0.39 is 0 Å². The van der Waals surface area contributed by atoms with Gasteiger partial charge in [-0.15, -0.1) is 0 Å². The molecule has 0 heterocycles. The summed E-state index contributed by atoms with van der Waals surface area (Å²) < 4.78 is 13.9. The Labute approximate surface area is 115 Å². The quantitative estimate of drug-likeness (QED) is 0.901. The molecule has 2 unspecified atom stereocenters. The number of anilines is 1. The van der Waals surface area contributed by atoms with Crippen LogP contribution in [-0.2, 0) is 0 Å². The molecule has 0 spiro atoms. The van der Waals surface area contributed by atoms with Crippen LogP contribution in [0.1, 0.15) is 39.5 Å². The van der Waals surface area contributed by atoms with Gasteiger partial charge in [0.05, 0.1) is 5.69 Å². The van der Waals surface area contributed by atoms with Gasteiger partial charge in [-0.3, -0.25) is 0 Å². The zero-order valence-electron chi connectivity index (χ0n) is 12.0. The molecule has 1 saturated carbocycles. The first-order valence-electron chi connectivity index (χ1n) is 7.32. The summed E-state index contributed by atoms with van der Waals surface area (Å²) >= 11 is 0. The molecule has 3 heteroatoms. The van der Waals surface area contributed by atoms with Gasteiger partial charge in [-0.25, -0.2) is 4.39 Å². The summed E-state index contributed by atoms with van der Waals surface area (Å²) in [6.07, 6.45) is 4.54. The predicted octanol–water partition coefficient (Wildman–Crippen LogP) is 3.56. The third kappa shape index (κ3) is 3.47. The number of likely N-dealkylation sites (N-methyl/N-ethyl adjacent to an activating group) is 1. The summed E-state index contributed by atoms with van der Waals surface area (Å²) in [5.74, 6) is 0.523. The normalized spacial score (nSPS) is 27.3. The molecule has 1 aromatic carbocycles. The number of nitrogens with two attached hydrogens (primary N) is 1. The first-order chi connectivity index (χ1) is 9.04. The van der Waals surface area contributed by atoms with Gasteiger partial charge in [0.25, 0.3) is 0 Å². The van der Waals surface area contributed by atoms with Crippen LogP contribution in [0.25, 0.3) is 0 Å². The van der Waals surface area contributed by atoms with Gasteiger partial charge in [0.2, 0.25) is 0 Å². The van der Waals surface area contributed by atoms with Crippen LogP contribution in [0.3, 0.4) is 0 Å². The fourth-order valence-electron chi connectivity index (χ4n) is 3.30. The number of para-hydroxylation sites is 1. The molecular weight excluding hydrogens is 239 g/mol. The lowest BCUT2D eigenvalue weighted by Gasteiger charge is -2.41. The smallest absolute Gasteiger partial charge is 0.146 e. The number of benzene rings is 1. The molecule has 2 N–H and O–H groups in total. The van der Waals surface area contributed by atoms with Gasteiger partial charge in [-0.2, -0.15) is 0 Å². The highest BCUT2D eigenvalue weighted by Crippen LogP contribution is 2.32. The number of halogens is 1. The topological polar surface area (TPSA) is 29.3 Å². The van der Waals surface area contributed by atoms with E-state index in [2.05, 4.69) is 18.7 Å². The molecule has 0 radical (unpaired) electrons. The Kier molecular flexibility index (Phi) is 4.46. The van der Waals surface area contributed by atoms with Crippen molar-refractivity contribution in [3.8, 4) is 0 Å². The highest BCUT2D eigenvalue weighted by Gasteiger charge is 2.33. The lowest BCUT2D eigenvalue weighted by Crippen LogP contribution is -2.53. The van der Waals surface area contributed by atoms with Crippen LogP contribution in [0, 0.1) is 11.7 Å². The molecule has 1 aliphatic carbocycles. The highest BCUT2D eigenvalue weighted by molar-refractivity contribution is 5.48. The minimum atomic E-state index is -0.171. The summed E-state index contributed by atoms with van der Waals surface area (Å²) in [5, 5.41) is 0. The predicted molar refractivity (Wildman–Crippen MR) is 78.8 cm³/mol. The van der Waals surface area contributed by atoms with Crippen LogP contribution in [-0.4, -0.2) is 18.6 Å². The van der Waals surface area contributed by atoms with Crippen molar-refractivity contribution in [2.45, 2.75) is 45.1 Å². The molecule has 0 aliphatic heterocycles. The highest BCUT2D eigenvalue weighted by atomic mass is 19.1. The number of hydrogen-bond acceptors (Lipinski definition) is 2. The van der Waals surface area contributed by atoms with Crippen molar-refractivity contribution >= 4 is 5.69 Å². The minimum Gasteiger partial charge on any atom is -0.368 e. The van der Waals surface area contributed by atoms with E-state index in [1.165, 1.54) is 18.9 Å². The van der Waals surface area contributed by atoms with Crippen molar-refractivity contribution in [3.05, 3.63) is 30.1 Å². The maximum absolute atomic E-state index is 13.9. The Morgan fingerprint density at radius 2 is 2.16 bits per heavy atom. The largest absolute Gasteiger partial charge is 0.368 e. The second-order valence-electron chi connectivity index (χ2n) is 6.03. The van der Waals surface area contributed by atoms with E-state index in [0.29, 0.717) is 11.6 Å². The molecule has 2 rings (SSSR count). The van der Waals surface area contributed by atoms with Crippen molar-refractivity contribution in [1.29, 1.82) is 0 Å². The van der Waals surface area contributed by atoms with Crippen molar-refractivity contribution in [1.82, 2.24) is 0 Å². The monoisotopic (exact) mass is 264 g/mol. The molecule has 106 valence electrons. The molecule has 1 aromatic rings. The fourth-order valence-corrected chi connectivity index (χ4v) is 3.30. The second kappa shape index (κ2) is 5.91. The van der Waals surface area contributed by atoms with Gasteiger partial charge in [-0.1, -0.05) is 31.9 Å². The number of rotatable bonds is 4. The van der Waals surface area contributed by atoms with Crippen molar-refractivity contribution in [2.75, 3.05) is 18.0 Å². The molecule has 0 amide bonds. The van der Waals surface area contributed by atoms with Crippen LogP contribution in [0.4, 0.5) is 10.1 Å². The molecule has 2 atom stereocenters. The third-order valence-corrected chi connectivity index (χ3v) is 4.21. The molecule has 1 aliphatic rings. The van der Waals surface area contributed by atoms with E-state index in [0.717, 1.165) is 25.9 Å². The SMILES string of the molecule is CCN(CC1(N)CCCC(C)C1)c1ccccc1F. The first kappa shape index (κ1) is 14.3. The van der Waals surface area contributed by atoms with Gasteiger partial charge in [0, 0.05) is 18.6 Å². The zero-order valence-corrected chi connectivity index (χ0v) is 12.0. The van der Waals surface area contributed by atoms with Gasteiger partial charge < -0.3 is 10.6 Å². The molecule has 19 heavy (non-hydrogen) atoms.